The lowest BCUT2D eigenvalue weighted by Gasteiger charge is -2.03. The van der Waals surface area contributed by atoms with E-state index in [1.165, 1.54) is 11.3 Å². The molecule has 1 heterocycles. The van der Waals surface area contributed by atoms with Gasteiger partial charge in [-0.25, -0.2) is 0 Å². The van der Waals surface area contributed by atoms with Crippen LogP contribution in [0.2, 0.25) is 0 Å². The third kappa shape index (κ3) is 3.63. The van der Waals surface area contributed by atoms with Gasteiger partial charge >= 0.3 is 0 Å². The molecule has 1 aromatic carbocycles. The second-order valence-corrected chi connectivity index (χ2v) is 5.96. The minimum absolute atomic E-state index is 0.143. The maximum atomic E-state index is 12.1. The fourth-order valence-electron chi connectivity index (χ4n) is 1.91. The monoisotopic (exact) mass is 289 g/mol. The molecule has 0 spiro atoms. The highest BCUT2D eigenvalue weighted by Gasteiger charge is 2.13. The van der Waals surface area contributed by atoms with Gasteiger partial charge in [0, 0.05) is 11.5 Å². The van der Waals surface area contributed by atoms with Gasteiger partial charge in [-0.05, 0) is 25.5 Å². The molecule has 2 rings (SSSR count). The lowest BCUT2D eigenvalue weighted by molar-refractivity contribution is 0.102. The first kappa shape index (κ1) is 14.7. The summed E-state index contributed by atoms with van der Waals surface area (Å²) in [6.45, 7) is 6.28. The fourth-order valence-corrected chi connectivity index (χ4v) is 2.74. The van der Waals surface area contributed by atoms with Crippen LogP contribution in [-0.2, 0) is 0 Å². The third-order valence-corrected chi connectivity index (χ3v) is 4.19. The SMILES string of the molecule is CCC[C@H](C)c1nnc(NC(=O)c2ccc(C)cc2)s1. The van der Waals surface area contributed by atoms with Gasteiger partial charge in [-0.1, -0.05) is 49.3 Å². The summed E-state index contributed by atoms with van der Waals surface area (Å²) >= 11 is 1.45. The molecule has 1 amide bonds. The van der Waals surface area contributed by atoms with Gasteiger partial charge in [0.2, 0.25) is 5.13 Å². The van der Waals surface area contributed by atoms with Crippen LogP contribution < -0.4 is 5.32 Å². The first-order valence-electron chi connectivity index (χ1n) is 6.81. The predicted octanol–water partition coefficient (Wildman–Crippen LogP) is 4.00. The van der Waals surface area contributed by atoms with E-state index in [4.69, 9.17) is 0 Å². The molecule has 1 aromatic heterocycles. The minimum atomic E-state index is -0.143. The van der Waals surface area contributed by atoms with E-state index in [1.54, 1.807) is 0 Å². The van der Waals surface area contributed by atoms with Gasteiger partial charge in [0.1, 0.15) is 5.01 Å². The highest BCUT2D eigenvalue weighted by Crippen LogP contribution is 2.26. The molecule has 0 saturated carbocycles. The Morgan fingerprint density at radius 2 is 2.00 bits per heavy atom. The Kier molecular flexibility index (Phi) is 4.84. The summed E-state index contributed by atoms with van der Waals surface area (Å²) in [6, 6.07) is 7.46. The predicted molar refractivity (Wildman–Crippen MR) is 82.4 cm³/mol. The van der Waals surface area contributed by atoms with Crippen LogP contribution in [0.25, 0.3) is 0 Å². The number of amides is 1. The van der Waals surface area contributed by atoms with Gasteiger partial charge in [-0.15, -0.1) is 10.2 Å². The number of aromatic nitrogens is 2. The van der Waals surface area contributed by atoms with Crippen molar-refractivity contribution in [1.82, 2.24) is 10.2 Å². The van der Waals surface area contributed by atoms with E-state index in [9.17, 15) is 4.79 Å². The van der Waals surface area contributed by atoms with E-state index in [2.05, 4.69) is 29.4 Å². The quantitative estimate of drug-likeness (QED) is 0.905. The molecule has 5 heteroatoms. The number of benzene rings is 1. The largest absolute Gasteiger partial charge is 0.296 e. The highest BCUT2D eigenvalue weighted by molar-refractivity contribution is 7.15. The summed E-state index contributed by atoms with van der Waals surface area (Å²) in [6.07, 6.45) is 2.20. The normalized spacial score (nSPS) is 12.2. The molecule has 1 atom stereocenters. The average Bonchev–Trinajstić information content (AvgIpc) is 2.88. The number of carbonyl (C=O) groups excluding carboxylic acids is 1. The molecule has 4 nitrogen and oxygen atoms in total. The molecule has 0 radical (unpaired) electrons. The molecule has 1 N–H and O–H groups in total. The summed E-state index contributed by atoms with van der Waals surface area (Å²) in [5.74, 6) is 0.248. The molecule has 106 valence electrons. The lowest BCUT2D eigenvalue weighted by atomic mass is 10.1. The molecular weight excluding hydrogens is 270 g/mol. The molecule has 0 aliphatic heterocycles. The maximum absolute atomic E-state index is 12.1. The van der Waals surface area contributed by atoms with Gasteiger partial charge < -0.3 is 0 Å². The molecule has 0 unspecified atom stereocenters. The van der Waals surface area contributed by atoms with Crippen LogP contribution in [0.1, 0.15) is 53.5 Å². The van der Waals surface area contributed by atoms with Crippen molar-refractivity contribution in [2.24, 2.45) is 0 Å². The number of aryl methyl sites for hydroxylation is 1. The minimum Gasteiger partial charge on any atom is -0.296 e. The van der Waals surface area contributed by atoms with Crippen LogP contribution in [0.3, 0.4) is 0 Å². The molecule has 0 bridgehead atoms. The zero-order valence-corrected chi connectivity index (χ0v) is 12.8. The van der Waals surface area contributed by atoms with Crippen LogP contribution in [-0.4, -0.2) is 16.1 Å². The standard InChI is InChI=1S/C15H19N3OS/c1-4-5-11(3)14-17-18-15(20-14)16-13(19)12-8-6-10(2)7-9-12/h6-9,11H,4-5H2,1-3H3,(H,16,18,19)/t11-/m0/s1. The van der Waals surface area contributed by atoms with Crippen LogP contribution in [0, 0.1) is 6.92 Å². The van der Waals surface area contributed by atoms with Gasteiger partial charge in [0.25, 0.3) is 5.91 Å². The van der Waals surface area contributed by atoms with Gasteiger partial charge in [0.05, 0.1) is 0 Å². The third-order valence-electron chi connectivity index (χ3n) is 3.12. The van der Waals surface area contributed by atoms with Crippen molar-refractivity contribution in [2.45, 2.75) is 39.5 Å². The first-order chi connectivity index (χ1) is 9.60. The number of carbonyl (C=O) groups is 1. The zero-order valence-electron chi connectivity index (χ0n) is 12.0. The summed E-state index contributed by atoms with van der Waals surface area (Å²) in [4.78, 5) is 12.1. The summed E-state index contributed by atoms with van der Waals surface area (Å²) in [7, 11) is 0. The molecule has 0 aliphatic carbocycles. The Bertz CT molecular complexity index is 577. The van der Waals surface area contributed by atoms with E-state index >= 15 is 0 Å². The second-order valence-electron chi connectivity index (χ2n) is 4.96. The topological polar surface area (TPSA) is 54.9 Å². The molecular formula is C15H19N3OS. The fraction of sp³-hybridized carbons (Fsp3) is 0.400. The number of hydrogen-bond donors (Lipinski definition) is 1. The number of nitrogens with one attached hydrogen (secondary N) is 1. The number of hydrogen-bond acceptors (Lipinski definition) is 4. The lowest BCUT2D eigenvalue weighted by Crippen LogP contribution is -2.11. The van der Waals surface area contributed by atoms with Gasteiger partial charge in [-0.3, -0.25) is 10.1 Å². The van der Waals surface area contributed by atoms with E-state index in [1.807, 2.05) is 31.2 Å². The van der Waals surface area contributed by atoms with Crippen LogP contribution in [0.15, 0.2) is 24.3 Å². The second kappa shape index (κ2) is 6.61. The molecule has 2 aromatic rings. The summed E-state index contributed by atoms with van der Waals surface area (Å²) in [5, 5.41) is 12.5. The van der Waals surface area contributed by atoms with Crippen molar-refractivity contribution >= 4 is 22.4 Å². The van der Waals surface area contributed by atoms with Crippen LogP contribution >= 0.6 is 11.3 Å². The van der Waals surface area contributed by atoms with Crippen LogP contribution in [0.4, 0.5) is 5.13 Å². The van der Waals surface area contributed by atoms with Crippen molar-refractivity contribution in [3.05, 3.63) is 40.4 Å². The highest BCUT2D eigenvalue weighted by atomic mass is 32.1. The molecule has 0 fully saturated rings. The van der Waals surface area contributed by atoms with Crippen molar-refractivity contribution in [3.8, 4) is 0 Å². The number of rotatable bonds is 5. The average molecular weight is 289 g/mol. The molecule has 20 heavy (non-hydrogen) atoms. The molecule has 0 saturated heterocycles. The van der Waals surface area contributed by atoms with Crippen molar-refractivity contribution < 1.29 is 4.79 Å². The number of anilines is 1. The van der Waals surface area contributed by atoms with Crippen molar-refractivity contribution in [3.63, 3.8) is 0 Å². The molecule has 0 aliphatic rings. The summed E-state index contributed by atoms with van der Waals surface area (Å²) in [5.41, 5.74) is 1.77. The van der Waals surface area contributed by atoms with E-state index in [-0.39, 0.29) is 5.91 Å². The Hall–Kier alpha value is -1.75. The van der Waals surface area contributed by atoms with E-state index in [0.29, 0.717) is 16.6 Å². The van der Waals surface area contributed by atoms with Gasteiger partial charge in [-0.2, -0.15) is 0 Å². The Morgan fingerprint density at radius 1 is 1.30 bits per heavy atom. The van der Waals surface area contributed by atoms with Crippen molar-refractivity contribution in [1.29, 1.82) is 0 Å². The van der Waals surface area contributed by atoms with Crippen molar-refractivity contribution in [2.75, 3.05) is 5.32 Å². The maximum Gasteiger partial charge on any atom is 0.257 e. The smallest absolute Gasteiger partial charge is 0.257 e. The van der Waals surface area contributed by atoms with E-state index in [0.717, 1.165) is 23.4 Å². The van der Waals surface area contributed by atoms with E-state index < -0.39 is 0 Å². The summed E-state index contributed by atoms with van der Waals surface area (Å²) < 4.78 is 0. The Balaban J connectivity index is 2.03. The Labute approximate surface area is 123 Å². The van der Waals surface area contributed by atoms with Gasteiger partial charge in [0.15, 0.2) is 0 Å². The van der Waals surface area contributed by atoms with Crippen LogP contribution in [0.5, 0.6) is 0 Å². The number of nitrogens with zero attached hydrogens (tertiary/aromatic N) is 2. The Morgan fingerprint density at radius 3 is 2.65 bits per heavy atom. The first-order valence-corrected chi connectivity index (χ1v) is 7.63. The zero-order chi connectivity index (χ0) is 14.5.